The lowest BCUT2D eigenvalue weighted by molar-refractivity contribution is 0.107. The van der Waals surface area contributed by atoms with Gasteiger partial charge in [-0.15, -0.1) is 0 Å². The second-order valence-corrected chi connectivity index (χ2v) is 5.13. The number of para-hydroxylation sites is 1. The van der Waals surface area contributed by atoms with Gasteiger partial charge in [0, 0.05) is 23.6 Å². The molecule has 0 heterocycles. The Bertz CT molecular complexity index is 543. The number of halogens is 1. The van der Waals surface area contributed by atoms with Gasteiger partial charge in [0.25, 0.3) is 0 Å². The third-order valence-electron chi connectivity index (χ3n) is 3.07. The Morgan fingerprint density at radius 2 is 1.71 bits per heavy atom. The average molecular weight is 306 g/mol. The first kappa shape index (κ1) is 15.8. The van der Waals surface area contributed by atoms with Crippen molar-refractivity contribution in [2.75, 3.05) is 13.2 Å². The summed E-state index contributed by atoms with van der Waals surface area (Å²) in [6.45, 7) is 2.37. The fourth-order valence-electron chi connectivity index (χ4n) is 1.93. The van der Waals surface area contributed by atoms with Crippen molar-refractivity contribution in [2.24, 2.45) is 5.73 Å². The molecule has 0 atom stereocenters. The molecule has 2 aromatic rings. The van der Waals surface area contributed by atoms with E-state index >= 15 is 0 Å². The summed E-state index contributed by atoms with van der Waals surface area (Å²) in [5.41, 5.74) is 7.81. The predicted molar refractivity (Wildman–Crippen MR) is 85.6 cm³/mol. The molecule has 0 radical (unpaired) electrons. The summed E-state index contributed by atoms with van der Waals surface area (Å²) < 4.78 is 11.3. The van der Waals surface area contributed by atoms with E-state index in [9.17, 15) is 0 Å². The van der Waals surface area contributed by atoms with Gasteiger partial charge < -0.3 is 15.2 Å². The minimum absolute atomic E-state index is 0.489. The quantitative estimate of drug-likeness (QED) is 0.755. The maximum Gasteiger partial charge on any atom is 0.123 e. The van der Waals surface area contributed by atoms with E-state index in [0.717, 1.165) is 28.3 Å². The molecule has 4 heteroatoms. The van der Waals surface area contributed by atoms with Gasteiger partial charge in [0.1, 0.15) is 5.75 Å². The van der Waals surface area contributed by atoms with Crippen molar-refractivity contribution in [3.63, 3.8) is 0 Å². The van der Waals surface area contributed by atoms with E-state index in [1.54, 1.807) is 0 Å². The summed E-state index contributed by atoms with van der Waals surface area (Å²) in [6.07, 6.45) is 0.840. The molecule has 2 rings (SSSR count). The minimum atomic E-state index is 0.489. The van der Waals surface area contributed by atoms with Crippen LogP contribution in [0.5, 0.6) is 5.75 Å². The summed E-state index contributed by atoms with van der Waals surface area (Å²) in [5, 5.41) is 0.741. The first-order valence-electron chi connectivity index (χ1n) is 7.02. The third kappa shape index (κ3) is 5.38. The van der Waals surface area contributed by atoms with Crippen LogP contribution in [0.1, 0.15) is 17.5 Å². The normalized spacial score (nSPS) is 10.6. The minimum Gasteiger partial charge on any atom is -0.493 e. The summed E-state index contributed by atoms with van der Waals surface area (Å²) in [4.78, 5) is 0. The van der Waals surface area contributed by atoms with Crippen LogP contribution >= 0.6 is 11.6 Å². The summed E-state index contributed by atoms with van der Waals surface area (Å²) in [6, 6.07) is 15.5. The lowest BCUT2D eigenvalue weighted by atomic mass is 10.2. The largest absolute Gasteiger partial charge is 0.493 e. The van der Waals surface area contributed by atoms with Crippen LogP contribution in [-0.4, -0.2) is 13.2 Å². The van der Waals surface area contributed by atoms with Crippen LogP contribution in [0, 0.1) is 0 Å². The number of hydrogen-bond donors (Lipinski definition) is 1. The van der Waals surface area contributed by atoms with Gasteiger partial charge in [-0.1, -0.05) is 41.9 Å². The summed E-state index contributed by atoms with van der Waals surface area (Å²) in [5.74, 6) is 0.859. The number of ether oxygens (including phenoxy) is 2. The molecule has 3 nitrogen and oxygen atoms in total. The van der Waals surface area contributed by atoms with Gasteiger partial charge in [-0.05, 0) is 23.8 Å². The van der Waals surface area contributed by atoms with Crippen molar-refractivity contribution in [1.29, 1.82) is 0 Å². The number of nitrogens with two attached hydrogens (primary N) is 1. The van der Waals surface area contributed by atoms with Crippen molar-refractivity contribution in [1.82, 2.24) is 0 Å². The van der Waals surface area contributed by atoms with Crippen LogP contribution in [0.15, 0.2) is 48.5 Å². The van der Waals surface area contributed by atoms with Gasteiger partial charge in [-0.2, -0.15) is 0 Å². The van der Waals surface area contributed by atoms with Crippen molar-refractivity contribution >= 4 is 11.6 Å². The molecule has 2 aromatic carbocycles. The second kappa shape index (κ2) is 8.67. The molecule has 0 amide bonds. The SMILES string of the molecule is NCc1ccccc1OCCCOCc1ccc(Cl)cc1. The molecule has 0 fully saturated rings. The standard InChI is InChI=1S/C17H20ClNO2/c18-16-8-6-14(7-9-16)13-20-10-3-11-21-17-5-2-1-4-15(17)12-19/h1-2,4-9H,3,10-13,19H2. The molecule has 0 aliphatic heterocycles. The van der Waals surface area contributed by atoms with Gasteiger partial charge in [0.05, 0.1) is 19.8 Å². The van der Waals surface area contributed by atoms with Crippen LogP contribution in [0.3, 0.4) is 0 Å². The van der Waals surface area contributed by atoms with E-state index in [2.05, 4.69) is 0 Å². The Balaban J connectivity index is 1.63. The van der Waals surface area contributed by atoms with Crippen molar-refractivity contribution in [2.45, 2.75) is 19.6 Å². The van der Waals surface area contributed by atoms with Crippen LogP contribution < -0.4 is 10.5 Å². The van der Waals surface area contributed by atoms with Gasteiger partial charge >= 0.3 is 0 Å². The van der Waals surface area contributed by atoms with Gasteiger partial charge in [-0.25, -0.2) is 0 Å². The Kier molecular flexibility index (Phi) is 6.54. The molecule has 0 aliphatic rings. The zero-order valence-electron chi connectivity index (χ0n) is 11.9. The number of hydrogen-bond acceptors (Lipinski definition) is 3. The summed E-state index contributed by atoms with van der Waals surface area (Å²) >= 11 is 5.83. The molecular weight excluding hydrogens is 286 g/mol. The first-order valence-corrected chi connectivity index (χ1v) is 7.40. The fourth-order valence-corrected chi connectivity index (χ4v) is 2.05. The zero-order valence-corrected chi connectivity index (χ0v) is 12.7. The second-order valence-electron chi connectivity index (χ2n) is 4.69. The molecule has 2 N–H and O–H groups in total. The van der Waals surface area contributed by atoms with E-state index in [0.29, 0.717) is 26.4 Å². The first-order chi connectivity index (χ1) is 10.3. The van der Waals surface area contributed by atoms with Crippen molar-refractivity contribution in [3.8, 4) is 5.75 Å². The van der Waals surface area contributed by atoms with Crippen LogP contribution in [0.25, 0.3) is 0 Å². The summed E-state index contributed by atoms with van der Waals surface area (Å²) in [7, 11) is 0. The zero-order chi connectivity index (χ0) is 14.9. The van der Waals surface area contributed by atoms with Crippen molar-refractivity contribution < 1.29 is 9.47 Å². The monoisotopic (exact) mass is 305 g/mol. The molecule has 0 saturated heterocycles. The van der Waals surface area contributed by atoms with Crippen LogP contribution in [0.2, 0.25) is 5.02 Å². The van der Waals surface area contributed by atoms with E-state index in [4.69, 9.17) is 26.8 Å². The maximum absolute atomic E-state index is 5.83. The van der Waals surface area contributed by atoms with Crippen LogP contribution in [0.4, 0.5) is 0 Å². The molecule has 0 aromatic heterocycles. The average Bonchev–Trinajstić information content (AvgIpc) is 2.53. The van der Waals surface area contributed by atoms with Gasteiger partial charge in [0.15, 0.2) is 0 Å². The van der Waals surface area contributed by atoms with E-state index in [-0.39, 0.29) is 0 Å². The highest BCUT2D eigenvalue weighted by Gasteiger charge is 2.00. The molecule has 0 saturated carbocycles. The van der Waals surface area contributed by atoms with Crippen molar-refractivity contribution in [3.05, 3.63) is 64.7 Å². The molecular formula is C17H20ClNO2. The third-order valence-corrected chi connectivity index (χ3v) is 3.32. The lowest BCUT2D eigenvalue weighted by Crippen LogP contribution is -2.06. The molecule has 0 aliphatic carbocycles. The Morgan fingerprint density at radius 3 is 2.48 bits per heavy atom. The van der Waals surface area contributed by atoms with E-state index in [1.807, 2.05) is 48.5 Å². The number of rotatable bonds is 8. The van der Waals surface area contributed by atoms with E-state index < -0.39 is 0 Å². The van der Waals surface area contributed by atoms with Gasteiger partial charge in [-0.3, -0.25) is 0 Å². The Labute approximate surface area is 130 Å². The highest BCUT2D eigenvalue weighted by Crippen LogP contribution is 2.17. The fraction of sp³-hybridized carbons (Fsp3) is 0.294. The molecule has 0 bridgehead atoms. The molecule has 0 unspecified atom stereocenters. The maximum atomic E-state index is 5.83. The van der Waals surface area contributed by atoms with E-state index in [1.165, 1.54) is 0 Å². The van der Waals surface area contributed by atoms with Gasteiger partial charge in [0.2, 0.25) is 0 Å². The highest BCUT2D eigenvalue weighted by atomic mass is 35.5. The van der Waals surface area contributed by atoms with Crippen LogP contribution in [-0.2, 0) is 17.9 Å². The smallest absolute Gasteiger partial charge is 0.123 e. The Morgan fingerprint density at radius 1 is 0.952 bits per heavy atom. The predicted octanol–water partition coefficient (Wildman–Crippen LogP) is 3.78. The molecule has 0 spiro atoms. The molecule has 21 heavy (non-hydrogen) atoms. The topological polar surface area (TPSA) is 44.5 Å². The Hall–Kier alpha value is -1.55. The highest BCUT2D eigenvalue weighted by molar-refractivity contribution is 6.30. The molecule has 112 valence electrons. The number of benzene rings is 2. The lowest BCUT2D eigenvalue weighted by Gasteiger charge is -2.10.